The van der Waals surface area contributed by atoms with Crippen LogP contribution in [0.25, 0.3) is 0 Å². The number of anilines is 2. The molecule has 0 radical (unpaired) electrons. The highest BCUT2D eigenvalue weighted by molar-refractivity contribution is 5.85. The van der Waals surface area contributed by atoms with Crippen LogP contribution in [-0.2, 0) is 0 Å². The van der Waals surface area contributed by atoms with E-state index in [9.17, 15) is 0 Å². The first-order valence-corrected chi connectivity index (χ1v) is 6.42. The van der Waals surface area contributed by atoms with E-state index in [0.717, 1.165) is 32.0 Å². The van der Waals surface area contributed by atoms with Gasteiger partial charge in [0.1, 0.15) is 0 Å². The Bertz CT molecular complexity index is 411. The fourth-order valence-corrected chi connectivity index (χ4v) is 2.14. The van der Waals surface area contributed by atoms with E-state index in [1.54, 1.807) is 0 Å². The molecule has 1 heterocycles. The van der Waals surface area contributed by atoms with Crippen molar-refractivity contribution in [1.29, 1.82) is 0 Å². The molecule has 0 spiro atoms. The van der Waals surface area contributed by atoms with Gasteiger partial charge >= 0.3 is 0 Å². The number of hydrogen-bond donors (Lipinski definition) is 1. The highest BCUT2D eigenvalue weighted by Crippen LogP contribution is 2.16. The quantitative estimate of drug-likeness (QED) is 0.731. The van der Waals surface area contributed by atoms with Gasteiger partial charge < -0.3 is 32.8 Å². The first-order valence-electron chi connectivity index (χ1n) is 6.42. The predicted molar refractivity (Wildman–Crippen MR) is 91.7 cm³/mol. The van der Waals surface area contributed by atoms with Crippen molar-refractivity contribution in [3.8, 4) is 0 Å². The molecule has 4 nitrogen and oxygen atoms in total. The molecular weight excluding hydrogens is 331 g/mol. The summed E-state index contributed by atoms with van der Waals surface area (Å²) in [6.07, 6.45) is 4.26. The second-order valence-corrected chi connectivity index (χ2v) is 4.68. The molecule has 0 amide bonds. The molecule has 0 fully saturated rings. The van der Waals surface area contributed by atoms with Crippen LogP contribution in [0, 0.1) is 0 Å². The summed E-state index contributed by atoms with van der Waals surface area (Å²) in [5.41, 5.74) is 7.77. The normalized spacial score (nSPS) is 12.3. The van der Waals surface area contributed by atoms with Crippen molar-refractivity contribution in [3.63, 3.8) is 0 Å². The van der Waals surface area contributed by atoms with Crippen LogP contribution < -0.4 is 23.0 Å². The van der Waals surface area contributed by atoms with Crippen molar-refractivity contribution in [2.24, 2.45) is 0 Å². The third-order valence-electron chi connectivity index (χ3n) is 3.23. The maximum atomic E-state index is 5.72. The van der Waals surface area contributed by atoms with Gasteiger partial charge in [-0.3, -0.25) is 0 Å². The molecule has 21 heavy (non-hydrogen) atoms. The highest BCUT2D eigenvalue weighted by atomic mass is 35.5. The van der Waals surface area contributed by atoms with Crippen LogP contribution >= 0.6 is 24.8 Å². The summed E-state index contributed by atoms with van der Waals surface area (Å²) in [7, 11) is 2.09. The Labute approximate surface area is 146 Å². The molecule has 1 aromatic rings. The third-order valence-corrected chi connectivity index (χ3v) is 3.23. The van der Waals surface area contributed by atoms with Gasteiger partial charge in [-0.05, 0) is 31.2 Å². The third kappa shape index (κ3) is 6.55. The van der Waals surface area contributed by atoms with Crippen LogP contribution in [0.5, 0.6) is 0 Å². The van der Waals surface area contributed by atoms with Crippen LogP contribution in [0.1, 0.15) is 6.92 Å². The number of halogens is 3. The number of rotatable bonds is 5. The molecule has 122 valence electrons. The minimum Gasteiger partial charge on any atom is -1.00 e. The van der Waals surface area contributed by atoms with Gasteiger partial charge in [0.05, 0.1) is 6.67 Å². The second-order valence-electron chi connectivity index (χ2n) is 4.68. The van der Waals surface area contributed by atoms with E-state index in [1.807, 2.05) is 12.1 Å². The number of benzene rings is 1. The van der Waals surface area contributed by atoms with Crippen molar-refractivity contribution < 1.29 is 12.4 Å². The number of nitrogens with zero attached hydrogens (tertiary/aromatic N) is 3. The minimum atomic E-state index is 0. The van der Waals surface area contributed by atoms with E-state index in [0.29, 0.717) is 0 Å². The molecule has 1 aliphatic heterocycles. The van der Waals surface area contributed by atoms with Gasteiger partial charge in [-0.25, -0.2) is 0 Å². The first-order chi connectivity index (χ1) is 8.69. The van der Waals surface area contributed by atoms with Crippen LogP contribution in [-0.4, -0.2) is 43.2 Å². The molecule has 1 aromatic carbocycles. The molecule has 7 heteroatoms. The minimum absolute atomic E-state index is 0. The number of nitrogen functional groups attached to an aromatic ring is 1. The topological polar surface area (TPSA) is 35.7 Å². The lowest BCUT2D eigenvalue weighted by Crippen LogP contribution is -3.00. The van der Waals surface area contributed by atoms with Crippen LogP contribution in [0.4, 0.5) is 11.4 Å². The van der Waals surface area contributed by atoms with Crippen molar-refractivity contribution in [3.05, 3.63) is 36.7 Å². The van der Waals surface area contributed by atoms with E-state index < -0.39 is 0 Å². The largest absolute Gasteiger partial charge is 1.00 e. The average Bonchev–Trinajstić information content (AvgIpc) is 2.78. The Morgan fingerprint density at radius 2 is 1.76 bits per heavy atom. The standard InChI is InChI=1S/C14H22N4.3ClH/c1-3-18(14-6-4-13(15)5-7-14)11-10-17-9-8-16(2)12-17;;;/h4-9H,3,10-12,15H2,1-2H3;3*1H/p-1. The maximum absolute atomic E-state index is 5.72. The number of nitrogens with two attached hydrogens (primary N) is 1. The number of hydrogen-bond acceptors (Lipinski definition) is 4. The summed E-state index contributed by atoms with van der Waals surface area (Å²) in [5, 5.41) is 0. The molecule has 2 N–H and O–H groups in total. The lowest BCUT2D eigenvalue weighted by atomic mass is 10.2. The molecule has 1 aliphatic rings. The predicted octanol–water partition coefficient (Wildman–Crippen LogP) is -0.381. The fourth-order valence-electron chi connectivity index (χ4n) is 2.14. The maximum Gasteiger partial charge on any atom is 0.0891 e. The Morgan fingerprint density at radius 3 is 2.24 bits per heavy atom. The lowest BCUT2D eigenvalue weighted by molar-refractivity contribution is -0.00000413. The molecule has 2 rings (SSSR count). The molecule has 0 saturated carbocycles. The smallest absolute Gasteiger partial charge is 0.0891 e. The summed E-state index contributed by atoms with van der Waals surface area (Å²) in [5.74, 6) is 0. The van der Waals surface area contributed by atoms with Gasteiger partial charge in [-0.1, -0.05) is 0 Å². The summed E-state index contributed by atoms with van der Waals surface area (Å²) in [6.45, 7) is 6.25. The SMILES string of the molecule is CCN(CCN1C=CN(C)C1)c1ccc(N)cc1.Cl.Cl.[Cl-]. The second kappa shape index (κ2) is 10.7. The van der Waals surface area contributed by atoms with Gasteiger partial charge in [0.25, 0.3) is 0 Å². The Morgan fingerprint density at radius 1 is 1.14 bits per heavy atom. The summed E-state index contributed by atoms with van der Waals surface area (Å²) in [6, 6.07) is 8.10. The zero-order chi connectivity index (χ0) is 13.0. The molecular formula is C14H24Cl3N4-. The zero-order valence-corrected chi connectivity index (χ0v) is 14.8. The van der Waals surface area contributed by atoms with E-state index in [1.165, 1.54) is 5.69 Å². The molecule has 0 bridgehead atoms. The van der Waals surface area contributed by atoms with E-state index in [2.05, 4.69) is 53.2 Å². The van der Waals surface area contributed by atoms with Crippen LogP contribution in [0.2, 0.25) is 0 Å². The molecule has 0 aliphatic carbocycles. The first kappa shape index (κ1) is 22.3. The Balaban J connectivity index is 0. The Hall–Kier alpha value is -0.970. The number of likely N-dealkylation sites (N-methyl/N-ethyl adjacent to an activating group) is 1. The van der Waals surface area contributed by atoms with Gasteiger partial charge in [0.15, 0.2) is 0 Å². The van der Waals surface area contributed by atoms with Gasteiger partial charge in [-0.15, -0.1) is 24.8 Å². The monoisotopic (exact) mass is 353 g/mol. The van der Waals surface area contributed by atoms with Crippen molar-refractivity contribution >= 4 is 36.2 Å². The summed E-state index contributed by atoms with van der Waals surface area (Å²) < 4.78 is 0. The fraction of sp³-hybridized carbons (Fsp3) is 0.429. The van der Waals surface area contributed by atoms with Crippen molar-refractivity contribution in [2.75, 3.05) is 44.0 Å². The average molecular weight is 355 g/mol. The van der Waals surface area contributed by atoms with Gasteiger partial charge in [0.2, 0.25) is 0 Å². The van der Waals surface area contributed by atoms with Crippen LogP contribution in [0.15, 0.2) is 36.7 Å². The Kier molecular flexibility index (Phi) is 11.4. The summed E-state index contributed by atoms with van der Waals surface area (Å²) >= 11 is 0. The highest BCUT2D eigenvalue weighted by Gasteiger charge is 2.10. The molecule has 0 aromatic heterocycles. The van der Waals surface area contributed by atoms with E-state index in [-0.39, 0.29) is 37.2 Å². The summed E-state index contributed by atoms with van der Waals surface area (Å²) in [4.78, 5) is 6.87. The van der Waals surface area contributed by atoms with Crippen molar-refractivity contribution in [1.82, 2.24) is 9.80 Å². The van der Waals surface area contributed by atoms with Crippen LogP contribution in [0.3, 0.4) is 0 Å². The van der Waals surface area contributed by atoms with Crippen molar-refractivity contribution in [2.45, 2.75) is 6.92 Å². The molecule has 0 unspecified atom stereocenters. The van der Waals surface area contributed by atoms with E-state index >= 15 is 0 Å². The zero-order valence-electron chi connectivity index (χ0n) is 12.4. The lowest BCUT2D eigenvalue weighted by Gasteiger charge is -2.26. The van der Waals surface area contributed by atoms with E-state index in [4.69, 9.17) is 5.73 Å². The molecule has 0 saturated heterocycles. The van der Waals surface area contributed by atoms with Gasteiger partial charge in [0, 0.05) is 50.5 Å². The van der Waals surface area contributed by atoms with Gasteiger partial charge in [-0.2, -0.15) is 0 Å². The molecule has 0 atom stereocenters.